The smallest absolute Gasteiger partial charge is 0.316 e. The molecule has 2 heterocycles. The number of hydrogen-bond acceptors (Lipinski definition) is 4. The van der Waals surface area contributed by atoms with Crippen molar-refractivity contribution in [3.05, 3.63) is 53.1 Å². The molecule has 1 aliphatic heterocycles. The van der Waals surface area contributed by atoms with Crippen molar-refractivity contribution in [2.75, 3.05) is 13.1 Å². The minimum atomic E-state index is -0.307. The maximum Gasteiger partial charge on any atom is 0.316 e. The van der Waals surface area contributed by atoms with E-state index in [0.717, 1.165) is 12.0 Å². The van der Waals surface area contributed by atoms with Crippen LogP contribution in [0.2, 0.25) is 5.02 Å². The van der Waals surface area contributed by atoms with Crippen molar-refractivity contribution in [2.45, 2.75) is 18.9 Å². The molecule has 120 valence electrons. The molecule has 1 amide bonds. The Balaban J connectivity index is 1.53. The fourth-order valence-corrected chi connectivity index (χ4v) is 2.55. The summed E-state index contributed by atoms with van der Waals surface area (Å²) in [7, 11) is 0. The zero-order chi connectivity index (χ0) is 16.2. The van der Waals surface area contributed by atoms with E-state index in [0.29, 0.717) is 18.1 Å². The number of rotatable bonds is 4. The average molecular weight is 336 g/mol. The van der Waals surface area contributed by atoms with E-state index in [4.69, 9.17) is 16.3 Å². The number of benzene rings is 1. The fourth-order valence-electron chi connectivity index (χ4n) is 2.45. The number of carbonyl (C=O) groups is 1. The van der Waals surface area contributed by atoms with Crippen LogP contribution < -0.4 is 4.74 Å². The third-order valence-corrected chi connectivity index (χ3v) is 3.83. The quantitative estimate of drug-likeness (QED) is 0.861. The molecule has 0 saturated carbocycles. The molecule has 0 spiro atoms. The highest BCUT2D eigenvalue weighted by molar-refractivity contribution is 6.30. The fraction of sp³-hybridized carbons (Fsp3) is 0.312. The van der Waals surface area contributed by atoms with Gasteiger partial charge in [0.25, 0.3) is 0 Å². The minimum absolute atomic E-state index is 0.000248. The van der Waals surface area contributed by atoms with Crippen LogP contribution in [0.25, 0.3) is 0 Å². The second-order valence-corrected chi connectivity index (χ2v) is 5.79. The molecule has 3 rings (SSSR count). The monoisotopic (exact) mass is 335 g/mol. The van der Waals surface area contributed by atoms with Gasteiger partial charge < -0.3 is 9.64 Å². The Morgan fingerprint density at radius 3 is 2.70 bits per heavy atom. The lowest BCUT2D eigenvalue weighted by atomic mass is 10.1. The normalized spacial score (nSPS) is 17.3. The van der Waals surface area contributed by atoms with Crippen LogP contribution in [0.4, 0.5) is 4.39 Å². The van der Waals surface area contributed by atoms with Gasteiger partial charge in [-0.15, -0.1) is 0 Å². The van der Waals surface area contributed by atoms with Crippen molar-refractivity contribution >= 4 is 17.5 Å². The Bertz CT molecular complexity index is 679. The van der Waals surface area contributed by atoms with E-state index < -0.39 is 0 Å². The largest absolute Gasteiger partial charge is 0.458 e. The van der Waals surface area contributed by atoms with Gasteiger partial charge in [-0.1, -0.05) is 23.7 Å². The first kappa shape index (κ1) is 15.7. The molecule has 7 heteroatoms. The van der Waals surface area contributed by atoms with Crippen LogP contribution in [0.5, 0.6) is 6.01 Å². The van der Waals surface area contributed by atoms with Gasteiger partial charge in [0.15, 0.2) is 0 Å². The number of carbonyl (C=O) groups excluding carboxylic acids is 1. The lowest BCUT2D eigenvalue weighted by molar-refractivity contribution is -0.129. The van der Waals surface area contributed by atoms with Crippen molar-refractivity contribution in [2.24, 2.45) is 0 Å². The third kappa shape index (κ3) is 4.16. The van der Waals surface area contributed by atoms with E-state index in [-0.39, 0.29) is 30.3 Å². The standard InChI is InChI=1S/C16H15ClFN3O2/c17-12-8-19-16(20-9-12)23-14-5-6-21(10-14)15(22)7-11-1-3-13(18)4-2-11/h1-4,8-9,14H,5-7,10H2. The van der Waals surface area contributed by atoms with Gasteiger partial charge in [-0.2, -0.15) is 0 Å². The van der Waals surface area contributed by atoms with Gasteiger partial charge in [0, 0.05) is 13.0 Å². The molecule has 0 radical (unpaired) electrons. The van der Waals surface area contributed by atoms with Gasteiger partial charge >= 0.3 is 6.01 Å². The van der Waals surface area contributed by atoms with E-state index in [1.165, 1.54) is 24.5 Å². The predicted octanol–water partition coefficient (Wildman–Crippen LogP) is 2.49. The molecule has 0 aliphatic carbocycles. The number of halogens is 2. The molecule has 1 fully saturated rings. The molecular weight excluding hydrogens is 321 g/mol. The Kier molecular flexibility index (Phi) is 4.71. The molecule has 1 aromatic carbocycles. The number of ether oxygens (including phenoxy) is 1. The highest BCUT2D eigenvalue weighted by Gasteiger charge is 2.28. The second kappa shape index (κ2) is 6.91. The second-order valence-electron chi connectivity index (χ2n) is 5.36. The zero-order valence-electron chi connectivity index (χ0n) is 12.3. The Morgan fingerprint density at radius 1 is 1.30 bits per heavy atom. The van der Waals surface area contributed by atoms with Crippen molar-refractivity contribution in [3.63, 3.8) is 0 Å². The number of aromatic nitrogens is 2. The Morgan fingerprint density at radius 2 is 2.00 bits per heavy atom. The van der Waals surface area contributed by atoms with Crippen molar-refractivity contribution in [3.8, 4) is 6.01 Å². The topological polar surface area (TPSA) is 55.3 Å². The lowest BCUT2D eigenvalue weighted by Gasteiger charge is -2.16. The van der Waals surface area contributed by atoms with Crippen LogP contribution in [0, 0.1) is 5.82 Å². The van der Waals surface area contributed by atoms with E-state index in [1.807, 2.05) is 0 Å². The van der Waals surface area contributed by atoms with Crippen LogP contribution in [0.3, 0.4) is 0 Å². The van der Waals surface area contributed by atoms with Crippen LogP contribution in [0.15, 0.2) is 36.7 Å². The maximum atomic E-state index is 12.9. The summed E-state index contributed by atoms with van der Waals surface area (Å²) in [6.07, 6.45) is 3.78. The molecule has 1 aliphatic rings. The summed E-state index contributed by atoms with van der Waals surface area (Å²) in [5, 5.41) is 0.444. The Hall–Kier alpha value is -2.21. The van der Waals surface area contributed by atoms with Gasteiger partial charge in [-0.25, -0.2) is 14.4 Å². The first-order chi connectivity index (χ1) is 11.1. The summed E-state index contributed by atoms with van der Waals surface area (Å²) < 4.78 is 18.5. The molecule has 2 aromatic rings. The summed E-state index contributed by atoms with van der Waals surface area (Å²) in [4.78, 5) is 22.0. The van der Waals surface area contributed by atoms with Gasteiger partial charge in [-0.05, 0) is 17.7 Å². The van der Waals surface area contributed by atoms with Crippen LogP contribution in [0.1, 0.15) is 12.0 Å². The van der Waals surface area contributed by atoms with Gasteiger partial charge in [0.05, 0.1) is 30.4 Å². The molecule has 0 bridgehead atoms. The van der Waals surface area contributed by atoms with E-state index in [1.54, 1.807) is 17.0 Å². The summed E-state index contributed by atoms with van der Waals surface area (Å²) in [5.41, 5.74) is 0.793. The number of nitrogens with zero attached hydrogens (tertiary/aromatic N) is 3. The summed E-state index contributed by atoms with van der Waals surface area (Å²) in [5.74, 6) is -0.307. The highest BCUT2D eigenvalue weighted by atomic mass is 35.5. The third-order valence-electron chi connectivity index (χ3n) is 3.64. The number of hydrogen-bond donors (Lipinski definition) is 0. The molecule has 1 aromatic heterocycles. The first-order valence-electron chi connectivity index (χ1n) is 7.26. The molecule has 1 atom stereocenters. The SMILES string of the molecule is O=C(Cc1ccc(F)cc1)N1CCC(Oc2ncc(Cl)cn2)C1. The van der Waals surface area contributed by atoms with Crippen molar-refractivity contribution < 1.29 is 13.9 Å². The predicted molar refractivity (Wildman–Crippen MR) is 82.8 cm³/mol. The average Bonchev–Trinajstić information content (AvgIpc) is 3.00. The minimum Gasteiger partial charge on any atom is -0.458 e. The molecule has 1 saturated heterocycles. The number of amides is 1. The van der Waals surface area contributed by atoms with Gasteiger partial charge in [-0.3, -0.25) is 4.79 Å². The van der Waals surface area contributed by atoms with E-state index in [9.17, 15) is 9.18 Å². The highest BCUT2D eigenvalue weighted by Crippen LogP contribution is 2.17. The van der Waals surface area contributed by atoms with Crippen molar-refractivity contribution in [1.29, 1.82) is 0 Å². The molecule has 5 nitrogen and oxygen atoms in total. The van der Waals surface area contributed by atoms with Gasteiger partial charge in [0.1, 0.15) is 11.9 Å². The molecule has 1 unspecified atom stereocenters. The van der Waals surface area contributed by atoms with Crippen LogP contribution in [-0.4, -0.2) is 40.0 Å². The van der Waals surface area contributed by atoms with E-state index >= 15 is 0 Å². The Labute approximate surface area is 138 Å². The maximum absolute atomic E-state index is 12.9. The lowest BCUT2D eigenvalue weighted by Crippen LogP contribution is -2.32. The van der Waals surface area contributed by atoms with Gasteiger partial charge in [0.2, 0.25) is 5.91 Å². The molecule has 23 heavy (non-hydrogen) atoms. The zero-order valence-corrected chi connectivity index (χ0v) is 13.0. The van der Waals surface area contributed by atoms with E-state index in [2.05, 4.69) is 9.97 Å². The molecule has 0 N–H and O–H groups in total. The molecular formula is C16H15ClFN3O2. The van der Waals surface area contributed by atoms with Crippen LogP contribution in [-0.2, 0) is 11.2 Å². The summed E-state index contributed by atoms with van der Waals surface area (Å²) in [6, 6.07) is 6.22. The first-order valence-corrected chi connectivity index (χ1v) is 7.64. The summed E-state index contributed by atoms with van der Waals surface area (Å²) >= 11 is 5.72. The van der Waals surface area contributed by atoms with Crippen LogP contribution >= 0.6 is 11.6 Å². The van der Waals surface area contributed by atoms with Crippen molar-refractivity contribution in [1.82, 2.24) is 14.9 Å². The summed E-state index contributed by atoms with van der Waals surface area (Å²) in [6.45, 7) is 1.12. The number of likely N-dealkylation sites (tertiary alicyclic amines) is 1.